The standard InChI is InChI=1S/C23H20Cl2N4/c24-17-8-7-14(11-18(17)25)26-23-21-20(15-3-1-2-4-19(15)27-23)28-22(29-21)16-10-12-5-6-13(16)9-12/h1-4,7-8,11-13,16H,5-6,9-10H2,(H,26,27)(H,28,29). The molecule has 146 valence electrons. The smallest absolute Gasteiger partial charge is 0.157 e. The molecule has 2 heterocycles. The largest absolute Gasteiger partial charge is 0.339 e. The first-order valence-corrected chi connectivity index (χ1v) is 10.9. The molecule has 2 bridgehead atoms. The van der Waals surface area contributed by atoms with Crippen molar-refractivity contribution in [3.63, 3.8) is 0 Å². The molecule has 29 heavy (non-hydrogen) atoms. The fourth-order valence-electron chi connectivity index (χ4n) is 5.26. The predicted octanol–water partition coefficient (Wildman–Crippen LogP) is 7.07. The number of para-hydroxylation sites is 1. The van der Waals surface area contributed by atoms with Crippen molar-refractivity contribution in [3.05, 3.63) is 58.3 Å². The maximum atomic E-state index is 6.21. The molecule has 2 saturated carbocycles. The van der Waals surface area contributed by atoms with Crippen LogP contribution in [0.1, 0.15) is 37.4 Å². The van der Waals surface area contributed by atoms with E-state index in [9.17, 15) is 0 Å². The third kappa shape index (κ3) is 2.89. The van der Waals surface area contributed by atoms with E-state index in [-0.39, 0.29) is 0 Å². The van der Waals surface area contributed by atoms with Gasteiger partial charge in [0.05, 0.1) is 15.6 Å². The van der Waals surface area contributed by atoms with E-state index in [0.29, 0.717) is 16.0 Å². The van der Waals surface area contributed by atoms with Crippen LogP contribution < -0.4 is 5.32 Å². The number of aromatic nitrogens is 3. The number of pyridine rings is 1. The number of hydrogen-bond acceptors (Lipinski definition) is 3. The minimum absolute atomic E-state index is 0.515. The fraction of sp³-hybridized carbons (Fsp3) is 0.304. The SMILES string of the molecule is Clc1ccc(Nc2nc3ccccc3c3nc(C4CC5CCC4C5)[nH]c23)cc1Cl. The lowest BCUT2D eigenvalue weighted by atomic mass is 9.88. The van der Waals surface area contributed by atoms with E-state index in [1.807, 2.05) is 30.3 Å². The zero-order valence-corrected chi connectivity index (χ0v) is 17.3. The number of halogens is 2. The van der Waals surface area contributed by atoms with E-state index < -0.39 is 0 Å². The van der Waals surface area contributed by atoms with Gasteiger partial charge in [0.25, 0.3) is 0 Å². The molecular weight excluding hydrogens is 403 g/mol. The summed E-state index contributed by atoms with van der Waals surface area (Å²) >= 11 is 12.3. The molecule has 2 aliphatic rings. The minimum Gasteiger partial charge on any atom is -0.339 e. The maximum absolute atomic E-state index is 6.21. The number of hydrogen-bond donors (Lipinski definition) is 2. The van der Waals surface area contributed by atoms with Crippen LogP contribution in [0.15, 0.2) is 42.5 Å². The average molecular weight is 423 g/mol. The lowest BCUT2D eigenvalue weighted by Gasteiger charge is -2.19. The molecular formula is C23H20Cl2N4. The van der Waals surface area contributed by atoms with Crippen molar-refractivity contribution in [1.29, 1.82) is 0 Å². The highest BCUT2D eigenvalue weighted by atomic mass is 35.5. The summed E-state index contributed by atoms with van der Waals surface area (Å²) in [6.45, 7) is 0. The van der Waals surface area contributed by atoms with Crippen molar-refractivity contribution < 1.29 is 0 Å². The number of rotatable bonds is 3. The summed E-state index contributed by atoms with van der Waals surface area (Å²) in [6, 6.07) is 13.7. The zero-order chi connectivity index (χ0) is 19.5. The van der Waals surface area contributed by atoms with Crippen LogP contribution in [0, 0.1) is 11.8 Å². The minimum atomic E-state index is 0.515. The number of anilines is 2. The number of nitrogens with one attached hydrogen (secondary N) is 2. The van der Waals surface area contributed by atoms with Gasteiger partial charge in [-0.2, -0.15) is 0 Å². The maximum Gasteiger partial charge on any atom is 0.157 e. The van der Waals surface area contributed by atoms with Gasteiger partial charge in [0.15, 0.2) is 5.82 Å². The van der Waals surface area contributed by atoms with Crippen molar-refractivity contribution in [2.24, 2.45) is 11.8 Å². The molecule has 0 aliphatic heterocycles. The van der Waals surface area contributed by atoms with E-state index in [1.165, 1.54) is 25.7 Å². The highest BCUT2D eigenvalue weighted by Gasteiger charge is 2.41. The molecule has 4 aromatic rings. The van der Waals surface area contributed by atoms with Gasteiger partial charge in [0.1, 0.15) is 16.9 Å². The summed E-state index contributed by atoms with van der Waals surface area (Å²) in [5.41, 5.74) is 3.71. The van der Waals surface area contributed by atoms with Crippen molar-refractivity contribution in [3.8, 4) is 0 Å². The van der Waals surface area contributed by atoms with E-state index in [0.717, 1.165) is 51.1 Å². The van der Waals surface area contributed by atoms with Crippen LogP contribution in [0.4, 0.5) is 11.5 Å². The molecule has 0 radical (unpaired) electrons. The monoisotopic (exact) mass is 422 g/mol. The molecule has 3 unspecified atom stereocenters. The molecule has 2 aromatic carbocycles. The number of fused-ring (bicyclic) bond motifs is 5. The van der Waals surface area contributed by atoms with Crippen LogP contribution in [0.2, 0.25) is 10.0 Å². The Morgan fingerprint density at radius 3 is 2.66 bits per heavy atom. The van der Waals surface area contributed by atoms with Crippen LogP contribution in [0.25, 0.3) is 21.9 Å². The molecule has 0 amide bonds. The summed E-state index contributed by atoms with van der Waals surface area (Å²) in [4.78, 5) is 13.6. The van der Waals surface area contributed by atoms with Gasteiger partial charge in [-0.15, -0.1) is 0 Å². The molecule has 6 rings (SSSR count). The first-order chi connectivity index (χ1) is 14.2. The zero-order valence-electron chi connectivity index (χ0n) is 15.8. The van der Waals surface area contributed by atoms with Crippen molar-refractivity contribution in [2.45, 2.75) is 31.6 Å². The Morgan fingerprint density at radius 2 is 1.86 bits per heavy atom. The Hall–Kier alpha value is -2.30. The second kappa shape index (κ2) is 6.61. The van der Waals surface area contributed by atoms with Gasteiger partial charge in [0.2, 0.25) is 0 Å². The average Bonchev–Trinajstić information content (AvgIpc) is 3.46. The quantitative estimate of drug-likeness (QED) is 0.371. The van der Waals surface area contributed by atoms with E-state index in [2.05, 4.69) is 16.4 Å². The summed E-state index contributed by atoms with van der Waals surface area (Å²) in [5.74, 6) is 4.06. The number of H-pyrrole nitrogens is 1. The van der Waals surface area contributed by atoms with Gasteiger partial charge in [-0.05, 0) is 55.4 Å². The first-order valence-electron chi connectivity index (χ1n) is 10.2. The number of benzene rings is 2. The van der Waals surface area contributed by atoms with Gasteiger partial charge in [0, 0.05) is 17.0 Å². The third-order valence-electron chi connectivity index (χ3n) is 6.62. The lowest BCUT2D eigenvalue weighted by molar-refractivity contribution is 0.408. The molecule has 3 atom stereocenters. The number of aromatic amines is 1. The van der Waals surface area contributed by atoms with E-state index in [1.54, 1.807) is 6.07 Å². The second-order valence-electron chi connectivity index (χ2n) is 8.36. The molecule has 2 N–H and O–H groups in total. The highest BCUT2D eigenvalue weighted by Crippen LogP contribution is 2.52. The van der Waals surface area contributed by atoms with Crippen molar-refractivity contribution in [1.82, 2.24) is 15.0 Å². The summed E-state index contributed by atoms with van der Waals surface area (Å²) in [7, 11) is 0. The molecule has 0 spiro atoms. The Morgan fingerprint density at radius 1 is 0.966 bits per heavy atom. The van der Waals surface area contributed by atoms with Crippen LogP contribution in [-0.4, -0.2) is 15.0 Å². The summed E-state index contributed by atoms with van der Waals surface area (Å²) in [5, 5.41) is 5.55. The lowest BCUT2D eigenvalue weighted by Crippen LogP contribution is -2.09. The van der Waals surface area contributed by atoms with E-state index in [4.69, 9.17) is 33.2 Å². The molecule has 4 nitrogen and oxygen atoms in total. The molecule has 2 fully saturated rings. The van der Waals surface area contributed by atoms with Gasteiger partial charge in [-0.3, -0.25) is 0 Å². The van der Waals surface area contributed by atoms with Crippen LogP contribution >= 0.6 is 23.2 Å². The van der Waals surface area contributed by atoms with Gasteiger partial charge >= 0.3 is 0 Å². The molecule has 2 aliphatic carbocycles. The van der Waals surface area contributed by atoms with E-state index >= 15 is 0 Å². The second-order valence-corrected chi connectivity index (χ2v) is 9.17. The predicted molar refractivity (Wildman–Crippen MR) is 119 cm³/mol. The van der Waals surface area contributed by atoms with Crippen molar-refractivity contribution in [2.75, 3.05) is 5.32 Å². The molecule has 6 heteroatoms. The van der Waals surface area contributed by atoms with Crippen LogP contribution in [-0.2, 0) is 0 Å². The topological polar surface area (TPSA) is 53.6 Å². The van der Waals surface area contributed by atoms with Crippen molar-refractivity contribution >= 4 is 56.6 Å². The molecule has 2 aromatic heterocycles. The Labute approximate surface area is 178 Å². The summed E-state index contributed by atoms with van der Waals surface area (Å²) in [6.07, 6.45) is 5.33. The van der Waals surface area contributed by atoms with Crippen LogP contribution in [0.3, 0.4) is 0 Å². The summed E-state index contributed by atoms with van der Waals surface area (Å²) < 4.78 is 0. The highest BCUT2D eigenvalue weighted by molar-refractivity contribution is 6.42. The number of nitrogens with zero attached hydrogens (tertiary/aromatic N) is 2. The Bertz CT molecular complexity index is 1250. The van der Waals surface area contributed by atoms with Gasteiger partial charge in [-0.25, -0.2) is 9.97 Å². The Balaban J connectivity index is 1.50. The Kier molecular flexibility index (Phi) is 4.00. The number of imidazole rings is 1. The van der Waals surface area contributed by atoms with Gasteiger partial charge in [-0.1, -0.05) is 47.8 Å². The first kappa shape index (κ1) is 17.5. The fourth-order valence-corrected chi connectivity index (χ4v) is 5.56. The molecule has 0 saturated heterocycles. The van der Waals surface area contributed by atoms with Gasteiger partial charge < -0.3 is 10.3 Å². The van der Waals surface area contributed by atoms with Crippen LogP contribution in [0.5, 0.6) is 0 Å². The third-order valence-corrected chi connectivity index (χ3v) is 7.36. The normalized spacial score (nSPS) is 23.3.